The van der Waals surface area contributed by atoms with Crippen LogP contribution in [0.25, 0.3) is 33.1 Å². The van der Waals surface area contributed by atoms with Crippen molar-refractivity contribution in [1.29, 1.82) is 0 Å². The highest BCUT2D eigenvalue weighted by Gasteiger charge is 2.23. The van der Waals surface area contributed by atoms with Crippen molar-refractivity contribution in [2.24, 2.45) is 5.92 Å². The summed E-state index contributed by atoms with van der Waals surface area (Å²) in [6, 6.07) is 7.92. The number of rotatable bonds is 4. The number of fused-ring (bicyclic) bond motifs is 3. The summed E-state index contributed by atoms with van der Waals surface area (Å²) in [5.74, 6) is 1.23. The van der Waals surface area contributed by atoms with Crippen LogP contribution in [-0.4, -0.2) is 48.9 Å². The highest BCUT2D eigenvalue weighted by Crippen LogP contribution is 2.29. The molecule has 1 saturated heterocycles. The minimum absolute atomic E-state index is 0.189. The Balaban J connectivity index is 1.44. The summed E-state index contributed by atoms with van der Waals surface area (Å²) in [5.41, 5.74) is 9.73. The highest BCUT2D eigenvalue weighted by atomic mass is 16.2. The first kappa shape index (κ1) is 17.7. The van der Waals surface area contributed by atoms with E-state index < -0.39 is 0 Å². The number of pyridine rings is 1. The van der Waals surface area contributed by atoms with Gasteiger partial charge in [0.25, 0.3) is 0 Å². The molecule has 148 valence electrons. The van der Waals surface area contributed by atoms with E-state index in [0.717, 1.165) is 52.6 Å². The molecule has 0 radical (unpaired) electrons. The van der Waals surface area contributed by atoms with E-state index in [1.807, 2.05) is 40.0 Å². The molecule has 8 nitrogen and oxygen atoms in total. The number of aryl methyl sites for hydroxylation is 1. The van der Waals surface area contributed by atoms with Crippen molar-refractivity contribution < 1.29 is 4.79 Å². The van der Waals surface area contributed by atoms with Crippen LogP contribution in [0.2, 0.25) is 0 Å². The van der Waals surface area contributed by atoms with Crippen molar-refractivity contribution in [3.63, 3.8) is 0 Å². The Bertz CT molecular complexity index is 1190. The number of aromatic nitrogens is 5. The van der Waals surface area contributed by atoms with Crippen LogP contribution in [0, 0.1) is 5.92 Å². The number of nitrogens with one attached hydrogen (secondary N) is 1. The van der Waals surface area contributed by atoms with Crippen molar-refractivity contribution in [2.45, 2.75) is 26.3 Å². The second-order valence-corrected chi connectivity index (χ2v) is 7.84. The lowest BCUT2D eigenvalue weighted by molar-refractivity contribution is -0.130. The first-order valence-electron chi connectivity index (χ1n) is 9.92. The quantitative estimate of drug-likeness (QED) is 0.558. The Morgan fingerprint density at radius 1 is 1.31 bits per heavy atom. The number of aromatic amines is 1. The molecule has 0 aliphatic carbocycles. The number of anilines is 1. The van der Waals surface area contributed by atoms with Gasteiger partial charge in [-0.1, -0.05) is 13.0 Å². The average Bonchev–Trinajstić information content (AvgIpc) is 3.46. The first-order chi connectivity index (χ1) is 14.1. The standard InChI is InChI=1S/C21H23N7O/c1-13-5-8-27(11-13)19(29)6-9-28-12-16-20(26-28)15-3-2-14(17-4-7-23-25-17)10-18(15)24-21(16)22/h2-4,7,10,12-13H,5-6,8-9,11H2,1H3,(H2,22,24)(H,23,25)/t13-/m0/s1. The van der Waals surface area contributed by atoms with Gasteiger partial charge >= 0.3 is 0 Å². The minimum atomic E-state index is 0.189. The molecule has 1 amide bonds. The summed E-state index contributed by atoms with van der Waals surface area (Å²) in [6.45, 7) is 4.44. The molecule has 1 fully saturated rings. The predicted octanol–water partition coefficient (Wildman–Crippen LogP) is 2.82. The molecule has 4 aromatic rings. The van der Waals surface area contributed by atoms with Gasteiger partial charge in [-0.3, -0.25) is 14.6 Å². The minimum Gasteiger partial charge on any atom is -0.383 e. The molecule has 3 aromatic heterocycles. The number of carbonyl (C=O) groups excluding carboxylic acids is 1. The summed E-state index contributed by atoms with van der Waals surface area (Å²) in [4.78, 5) is 19.0. The third-order valence-electron chi connectivity index (χ3n) is 5.67. The van der Waals surface area contributed by atoms with Crippen molar-refractivity contribution in [2.75, 3.05) is 18.8 Å². The smallest absolute Gasteiger partial charge is 0.224 e. The summed E-state index contributed by atoms with van der Waals surface area (Å²) in [6.07, 6.45) is 5.14. The zero-order valence-electron chi connectivity index (χ0n) is 16.3. The zero-order chi connectivity index (χ0) is 20.0. The number of nitrogens with zero attached hydrogens (tertiary/aromatic N) is 5. The van der Waals surface area contributed by atoms with Gasteiger partial charge in [-0.25, -0.2) is 4.98 Å². The van der Waals surface area contributed by atoms with Gasteiger partial charge in [0.2, 0.25) is 5.91 Å². The van der Waals surface area contributed by atoms with Gasteiger partial charge in [-0.15, -0.1) is 0 Å². The largest absolute Gasteiger partial charge is 0.383 e. The number of nitrogen functional groups attached to an aromatic ring is 1. The molecule has 4 heterocycles. The summed E-state index contributed by atoms with van der Waals surface area (Å²) in [5, 5.41) is 13.4. The van der Waals surface area contributed by atoms with Gasteiger partial charge < -0.3 is 10.6 Å². The molecule has 0 saturated carbocycles. The molecular formula is C21H23N7O. The molecule has 1 atom stereocenters. The molecule has 8 heteroatoms. The lowest BCUT2D eigenvalue weighted by Gasteiger charge is -2.15. The Labute approximate surface area is 167 Å². The van der Waals surface area contributed by atoms with Crippen LogP contribution in [-0.2, 0) is 11.3 Å². The van der Waals surface area contributed by atoms with Gasteiger partial charge in [-0.2, -0.15) is 10.2 Å². The monoisotopic (exact) mass is 389 g/mol. The van der Waals surface area contributed by atoms with Gasteiger partial charge in [0.1, 0.15) is 11.3 Å². The van der Waals surface area contributed by atoms with Crippen molar-refractivity contribution in [1.82, 2.24) is 29.9 Å². The molecule has 1 aliphatic rings. The number of likely N-dealkylation sites (tertiary alicyclic amines) is 1. The van der Waals surface area contributed by atoms with Crippen LogP contribution < -0.4 is 5.73 Å². The molecule has 5 rings (SSSR count). The fraction of sp³-hybridized carbons (Fsp3) is 0.333. The lowest BCUT2D eigenvalue weighted by Crippen LogP contribution is -2.29. The second kappa shape index (κ2) is 6.88. The second-order valence-electron chi connectivity index (χ2n) is 7.84. The van der Waals surface area contributed by atoms with Gasteiger partial charge in [0.15, 0.2) is 0 Å². The van der Waals surface area contributed by atoms with E-state index in [9.17, 15) is 4.79 Å². The van der Waals surface area contributed by atoms with Crippen LogP contribution in [0.15, 0.2) is 36.7 Å². The Morgan fingerprint density at radius 3 is 2.97 bits per heavy atom. The first-order valence-corrected chi connectivity index (χ1v) is 9.92. The molecule has 29 heavy (non-hydrogen) atoms. The zero-order valence-corrected chi connectivity index (χ0v) is 16.3. The van der Waals surface area contributed by atoms with E-state index in [1.54, 1.807) is 6.20 Å². The van der Waals surface area contributed by atoms with Gasteiger partial charge in [-0.05, 0) is 30.5 Å². The van der Waals surface area contributed by atoms with E-state index in [1.165, 1.54) is 0 Å². The Hall–Kier alpha value is -3.42. The average molecular weight is 389 g/mol. The van der Waals surface area contributed by atoms with E-state index >= 15 is 0 Å². The topological polar surface area (TPSA) is 106 Å². The number of amides is 1. The maximum atomic E-state index is 12.4. The fourth-order valence-electron chi connectivity index (χ4n) is 4.05. The number of benzene rings is 1. The van der Waals surface area contributed by atoms with Gasteiger partial charge in [0.05, 0.1) is 16.6 Å². The number of hydrogen-bond acceptors (Lipinski definition) is 5. The van der Waals surface area contributed by atoms with Crippen molar-refractivity contribution in [3.05, 3.63) is 36.7 Å². The summed E-state index contributed by atoms with van der Waals surface area (Å²) < 4.78 is 1.81. The maximum Gasteiger partial charge on any atom is 0.224 e. The van der Waals surface area contributed by atoms with Crippen LogP contribution in [0.3, 0.4) is 0 Å². The Kier molecular flexibility index (Phi) is 4.19. The van der Waals surface area contributed by atoms with Gasteiger partial charge in [0, 0.05) is 49.4 Å². The molecule has 0 unspecified atom stereocenters. The van der Waals surface area contributed by atoms with Crippen molar-refractivity contribution >= 4 is 33.5 Å². The predicted molar refractivity (Wildman–Crippen MR) is 112 cm³/mol. The third kappa shape index (κ3) is 3.20. The summed E-state index contributed by atoms with van der Waals surface area (Å²) in [7, 11) is 0. The summed E-state index contributed by atoms with van der Waals surface area (Å²) >= 11 is 0. The number of nitrogens with two attached hydrogens (primary N) is 1. The maximum absolute atomic E-state index is 12.4. The molecule has 0 spiro atoms. The highest BCUT2D eigenvalue weighted by molar-refractivity contribution is 6.08. The molecule has 3 N–H and O–H groups in total. The normalized spacial score (nSPS) is 16.9. The van der Waals surface area contributed by atoms with E-state index in [2.05, 4.69) is 22.1 Å². The van der Waals surface area contributed by atoms with Crippen molar-refractivity contribution in [3.8, 4) is 11.3 Å². The lowest BCUT2D eigenvalue weighted by atomic mass is 10.1. The van der Waals surface area contributed by atoms with Crippen LogP contribution in [0.4, 0.5) is 5.82 Å². The number of carbonyl (C=O) groups is 1. The number of H-pyrrole nitrogens is 1. The van der Waals surface area contributed by atoms with Crippen LogP contribution in [0.5, 0.6) is 0 Å². The van der Waals surface area contributed by atoms with Crippen LogP contribution >= 0.6 is 0 Å². The van der Waals surface area contributed by atoms with E-state index in [4.69, 9.17) is 10.8 Å². The van der Waals surface area contributed by atoms with E-state index in [0.29, 0.717) is 24.7 Å². The number of hydrogen-bond donors (Lipinski definition) is 2. The molecule has 0 bridgehead atoms. The third-order valence-corrected chi connectivity index (χ3v) is 5.67. The fourth-order valence-corrected chi connectivity index (χ4v) is 4.05. The molecular weight excluding hydrogens is 366 g/mol. The molecule has 1 aliphatic heterocycles. The molecule has 1 aromatic carbocycles. The van der Waals surface area contributed by atoms with Crippen LogP contribution in [0.1, 0.15) is 19.8 Å². The Morgan fingerprint density at radius 2 is 2.21 bits per heavy atom. The SMILES string of the molecule is C[C@H]1CCN(C(=O)CCn2cc3c(N)nc4cc(-c5ccn[nH]5)ccc4c3n2)C1. The van der Waals surface area contributed by atoms with E-state index in [-0.39, 0.29) is 5.91 Å².